The van der Waals surface area contributed by atoms with Crippen LogP contribution in [0.25, 0.3) is 0 Å². The van der Waals surface area contributed by atoms with E-state index in [1.54, 1.807) is 11.3 Å². The molecule has 2 atom stereocenters. The van der Waals surface area contributed by atoms with Gasteiger partial charge in [0.2, 0.25) is 11.8 Å². The highest BCUT2D eigenvalue weighted by molar-refractivity contribution is 7.09. The molecule has 9 heteroatoms. The first-order valence-corrected chi connectivity index (χ1v) is 20.7. The fourth-order valence-electron chi connectivity index (χ4n) is 9.26. The first-order valence-electron chi connectivity index (χ1n) is 19.8. The summed E-state index contributed by atoms with van der Waals surface area (Å²) in [7, 11) is 4.26. The smallest absolute Gasteiger partial charge is 0.240 e. The van der Waals surface area contributed by atoms with Gasteiger partial charge in [-0.05, 0) is 113 Å². The summed E-state index contributed by atoms with van der Waals surface area (Å²) in [5, 5.41) is 9.73. The lowest BCUT2D eigenvalue weighted by Crippen LogP contribution is -2.63. The number of nitrogens with zero attached hydrogens (tertiary/aromatic N) is 4. The minimum Gasteiger partial charge on any atom is -0.339 e. The Bertz CT molecular complexity index is 1310. The lowest BCUT2D eigenvalue weighted by Gasteiger charge is -2.44. The van der Waals surface area contributed by atoms with Crippen molar-refractivity contribution >= 4 is 23.2 Å². The molecule has 3 heterocycles. The van der Waals surface area contributed by atoms with Crippen LogP contribution < -0.4 is 10.6 Å². The molecular formula is C41H64N6O2S. The van der Waals surface area contributed by atoms with Crippen molar-refractivity contribution in [2.45, 2.75) is 115 Å². The first kappa shape index (κ1) is 37.5. The molecule has 2 aliphatic carbocycles. The van der Waals surface area contributed by atoms with Crippen molar-refractivity contribution in [3.05, 3.63) is 58.3 Å². The Morgan fingerprint density at radius 2 is 1.76 bits per heavy atom. The van der Waals surface area contributed by atoms with Gasteiger partial charge in [-0.1, -0.05) is 55.7 Å². The van der Waals surface area contributed by atoms with E-state index in [4.69, 9.17) is 0 Å². The van der Waals surface area contributed by atoms with Crippen LogP contribution in [0.1, 0.15) is 93.9 Å². The van der Waals surface area contributed by atoms with Crippen LogP contribution >= 0.6 is 11.3 Å². The minimum absolute atomic E-state index is 0.0153. The summed E-state index contributed by atoms with van der Waals surface area (Å²) >= 11 is 1.76. The largest absolute Gasteiger partial charge is 0.339 e. The predicted octanol–water partition coefficient (Wildman–Crippen LogP) is 5.98. The molecule has 4 fully saturated rings. The quantitative estimate of drug-likeness (QED) is 0.210. The zero-order valence-electron chi connectivity index (χ0n) is 31.0. The van der Waals surface area contributed by atoms with E-state index in [9.17, 15) is 9.59 Å². The molecule has 0 radical (unpaired) electrons. The molecule has 0 unspecified atom stereocenters. The maximum absolute atomic E-state index is 14.6. The van der Waals surface area contributed by atoms with Gasteiger partial charge in [-0.25, -0.2) is 0 Å². The number of rotatable bonds is 16. The molecule has 2 aliphatic heterocycles. The van der Waals surface area contributed by atoms with Gasteiger partial charge in [-0.2, -0.15) is 0 Å². The molecule has 6 rings (SSSR count). The molecule has 2 saturated heterocycles. The number of amides is 2. The van der Waals surface area contributed by atoms with Crippen molar-refractivity contribution in [3.63, 3.8) is 0 Å². The Hall–Kier alpha value is -2.30. The topological polar surface area (TPSA) is 71.2 Å². The number of carbonyl (C=O) groups excluding carboxylic acids is 2. The molecule has 4 aliphatic rings. The van der Waals surface area contributed by atoms with Crippen molar-refractivity contribution in [3.8, 4) is 0 Å². The minimum atomic E-state index is -0.171. The maximum Gasteiger partial charge on any atom is 0.240 e. The molecule has 2 saturated carbocycles. The third-order valence-electron chi connectivity index (χ3n) is 12.2. The molecule has 2 aromatic rings. The molecule has 2 amide bonds. The third-order valence-corrected chi connectivity index (χ3v) is 13.1. The summed E-state index contributed by atoms with van der Waals surface area (Å²) in [6.07, 6.45) is 14.6. The zero-order chi connectivity index (χ0) is 34.8. The Morgan fingerprint density at radius 3 is 2.50 bits per heavy atom. The summed E-state index contributed by atoms with van der Waals surface area (Å²) in [5.74, 6) is 1.07. The van der Waals surface area contributed by atoms with E-state index in [1.807, 2.05) is 0 Å². The van der Waals surface area contributed by atoms with E-state index in [2.05, 4.69) is 92.2 Å². The van der Waals surface area contributed by atoms with E-state index in [0.717, 1.165) is 51.7 Å². The van der Waals surface area contributed by atoms with Crippen molar-refractivity contribution in [1.82, 2.24) is 30.2 Å². The summed E-state index contributed by atoms with van der Waals surface area (Å²) in [4.78, 5) is 38.5. The van der Waals surface area contributed by atoms with Gasteiger partial charge in [0, 0.05) is 63.2 Å². The highest BCUT2D eigenvalue weighted by Gasteiger charge is 2.42. The van der Waals surface area contributed by atoms with Crippen LogP contribution in [0.3, 0.4) is 0 Å². The maximum atomic E-state index is 14.6. The molecule has 1 aromatic heterocycles. The van der Waals surface area contributed by atoms with Gasteiger partial charge < -0.3 is 25.3 Å². The van der Waals surface area contributed by atoms with Crippen LogP contribution in [0, 0.1) is 11.3 Å². The van der Waals surface area contributed by atoms with E-state index in [-0.39, 0.29) is 23.9 Å². The van der Waals surface area contributed by atoms with Crippen LogP contribution in [-0.2, 0) is 22.7 Å². The lowest BCUT2D eigenvalue weighted by molar-refractivity contribution is -0.145. The Labute approximate surface area is 306 Å². The van der Waals surface area contributed by atoms with Crippen LogP contribution in [-0.4, -0.2) is 109 Å². The average molecular weight is 705 g/mol. The molecule has 0 bridgehead atoms. The average Bonchev–Trinajstić information content (AvgIpc) is 3.91. The second-order valence-corrected chi connectivity index (χ2v) is 17.4. The number of piperazine rings is 1. The number of benzene rings is 1. The van der Waals surface area contributed by atoms with E-state index in [0.29, 0.717) is 50.0 Å². The monoisotopic (exact) mass is 704 g/mol. The summed E-state index contributed by atoms with van der Waals surface area (Å²) in [6, 6.07) is 15.4. The second kappa shape index (κ2) is 18.5. The fourth-order valence-corrected chi connectivity index (χ4v) is 9.94. The van der Waals surface area contributed by atoms with Crippen LogP contribution in [0.4, 0.5) is 0 Å². The van der Waals surface area contributed by atoms with Crippen molar-refractivity contribution in [1.29, 1.82) is 0 Å². The fraction of sp³-hybridized carbons (Fsp3) is 0.707. The van der Waals surface area contributed by atoms with Gasteiger partial charge in [0.05, 0.1) is 12.1 Å². The molecule has 1 spiro atoms. The van der Waals surface area contributed by atoms with Gasteiger partial charge >= 0.3 is 0 Å². The van der Waals surface area contributed by atoms with Crippen molar-refractivity contribution in [2.75, 3.05) is 59.9 Å². The molecule has 50 heavy (non-hydrogen) atoms. The number of thiophene rings is 1. The Morgan fingerprint density at radius 1 is 0.960 bits per heavy atom. The molecular weight excluding hydrogens is 641 g/mol. The molecule has 2 N–H and O–H groups in total. The first-order chi connectivity index (χ1) is 24.4. The van der Waals surface area contributed by atoms with Gasteiger partial charge in [0.25, 0.3) is 0 Å². The zero-order valence-corrected chi connectivity index (χ0v) is 31.8. The highest BCUT2D eigenvalue weighted by Crippen LogP contribution is 2.44. The number of carbonyl (C=O) groups is 2. The SMILES string of the molecule is CN(C)CCCC[C@@H](NC1CCC2(CC1)CCN(Cc1ccccc1)C2)C(=O)N1CCN(C(=O)CC2CCCC2)C[C@H]1CNCc1cccs1. The standard InChI is InChI=1S/C41H64N6O2S/c1-44(2)22-9-8-16-38(43-35-17-19-41(20-18-35)21-23-45(32-41)30-34-13-4-3-5-14-34)40(49)47-25-24-46(39(48)27-33-11-6-7-12-33)31-36(47)28-42-29-37-15-10-26-50-37/h3-5,10,13-15,26,33,35-36,38,42-43H,6-9,11-12,16-25,27-32H2,1-2H3/t35?,36-,38-,41?/m1/s1. The Kier molecular flexibility index (Phi) is 13.8. The number of hydrogen-bond acceptors (Lipinski definition) is 7. The molecule has 1 aromatic carbocycles. The van der Waals surface area contributed by atoms with Gasteiger partial charge in [-0.3, -0.25) is 14.5 Å². The molecule has 8 nitrogen and oxygen atoms in total. The highest BCUT2D eigenvalue weighted by atomic mass is 32.1. The van der Waals surface area contributed by atoms with Crippen molar-refractivity contribution in [2.24, 2.45) is 11.3 Å². The third kappa shape index (κ3) is 10.6. The van der Waals surface area contributed by atoms with Gasteiger partial charge in [-0.15, -0.1) is 11.3 Å². The van der Waals surface area contributed by atoms with E-state index >= 15 is 0 Å². The second-order valence-electron chi connectivity index (χ2n) is 16.3. The van der Waals surface area contributed by atoms with Crippen LogP contribution in [0.2, 0.25) is 0 Å². The van der Waals surface area contributed by atoms with Gasteiger partial charge in [0.1, 0.15) is 0 Å². The predicted molar refractivity (Wildman–Crippen MR) is 205 cm³/mol. The summed E-state index contributed by atoms with van der Waals surface area (Å²) in [6.45, 7) is 7.90. The number of nitrogens with one attached hydrogen (secondary N) is 2. The van der Waals surface area contributed by atoms with Crippen molar-refractivity contribution < 1.29 is 9.59 Å². The van der Waals surface area contributed by atoms with Crippen LogP contribution in [0.5, 0.6) is 0 Å². The number of likely N-dealkylation sites (tertiary alicyclic amines) is 1. The summed E-state index contributed by atoms with van der Waals surface area (Å²) < 4.78 is 0. The number of unbranched alkanes of at least 4 members (excludes halogenated alkanes) is 1. The molecule has 276 valence electrons. The van der Waals surface area contributed by atoms with E-state index < -0.39 is 0 Å². The van der Waals surface area contributed by atoms with E-state index in [1.165, 1.54) is 68.5 Å². The summed E-state index contributed by atoms with van der Waals surface area (Å²) in [5.41, 5.74) is 1.84. The normalized spacial score (nSPS) is 25.6. The number of hydrogen-bond donors (Lipinski definition) is 2. The van der Waals surface area contributed by atoms with Gasteiger partial charge in [0.15, 0.2) is 0 Å². The lowest BCUT2D eigenvalue weighted by atomic mass is 9.72. The van der Waals surface area contributed by atoms with Crippen LogP contribution in [0.15, 0.2) is 47.8 Å². The Balaban J connectivity index is 1.07.